The maximum absolute atomic E-state index is 11.9. The molecule has 1 amide bonds. The molecule has 0 fully saturated rings. The molecule has 0 saturated heterocycles. The lowest BCUT2D eigenvalue weighted by Gasteiger charge is -2.06. The van der Waals surface area contributed by atoms with Crippen molar-refractivity contribution in [1.29, 1.82) is 0 Å². The summed E-state index contributed by atoms with van der Waals surface area (Å²) in [6, 6.07) is 12.5. The van der Waals surface area contributed by atoms with Gasteiger partial charge in [0.2, 0.25) is 6.41 Å². The molecule has 1 aromatic heterocycles. The van der Waals surface area contributed by atoms with Gasteiger partial charge in [-0.25, -0.2) is 0 Å². The SMILES string of the molecule is O=CNc1cccn(-c2ccccc2)c1=O. The number of anilines is 1. The van der Waals surface area contributed by atoms with Gasteiger partial charge < -0.3 is 5.32 Å². The Labute approximate surface area is 92.2 Å². The zero-order chi connectivity index (χ0) is 11.4. The van der Waals surface area contributed by atoms with Crippen LogP contribution < -0.4 is 10.9 Å². The molecule has 0 atom stereocenters. The van der Waals surface area contributed by atoms with Crippen molar-refractivity contribution in [3.8, 4) is 5.69 Å². The number of carbonyl (C=O) groups is 1. The van der Waals surface area contributed by atoms with Crippen LogP contribution in [0.15, 0.2) is 53.5 Å². The first-order valence-electron chi connectivity index (χ1n) is 4.80. The highest BCUT2D eigenvalue weighted by Crippen LogP contribution is 2.05. The second kappa shape index (κ2) is 4.44. The van der Waals surface area contributed by atoms with Gasteiger partial charge in [0.05, 0.1) is 0 Å². The van der Waals surface area contributed by atoms with Gasteiger partial charge in [-0.2, -0.15) is 0 Å². The third-order valence-electron chi connectivity index (χ3n) is 2.20. The number of carbonyl (C=O) groups excluding carboxylic acids is 1. The summed E-state index contributed by atoms with van der Waals surface area (Å²) >= 11 is 0. The minimum atomic E-state index is -0.249. The number of pyridine rings is 1. The van der Waals surface area contributed by atoms with Gasteiger partial charge in [-0.3, -0.25) is 14.2 Å². The number of amides is 1. The molecule has 0 aliphatic carbocycles. The van der Waals surface area contributed by atoms with Gasteiger partial charge in [0.15, 0.2) is 0 Å². The van der Waals surface area contributed by atoms with Crippen LogP contribution in [0.25, 0.3) is 5.69 Å². The molecule has 4 nitrogen and oxygen atoms in total. The first kappa shape index (κ1) is 10.2. The molecule has 0 radical (unpaired) electrons. The monoisotopic (exact) mass is 214 g/mol. The predicted molar refractivity (Wildman–Crippen MR) is 61.7 cm³/mol. The highest BCUT2D eigenvalue weighted by molar-refractivity contribution is 5.70. The van der Waals surface area contributed by atoms with Crippen molar-refractivity contribution in [3.05, 3.63) is 59.0 Å². The normalized spacial score (nSPS) is 9.75. The van der Waals surface area contributed by atoms with E-state index in [0.717, 1.165) is 5.69 Å². The van der Waals surface area contributed by atoms with Crippen LogP contribution in [-0.4, -0.2) is 11.0 Å². The van der Waals surface area contributed by atoms with Gasteiger partial charge in [0.1, 0.15) is 5.69 Å². The number of rotatable bonds is 3. The number of aromatic nitrogens is 1. The lowest BCUT2D eigenvalue weighted by atomic mass is 10.3. The maximum Gasteiger partial charge on any atom is 0.278 e. The van der Waals surface area contributed by atoms with Crippen molar-refractivity contribution < 1.29 is 4.79 Å². The van der Waals surface area contributed by atoms with E-state index in [1.807, 2.05) is 30.3 Å². The predicted octanol–water partition coefficient (Wildman–Crippen LogP) is 1.41. The van der Waals surface area contributed by atoms with Crippen LogP contribution in [0.1, 0.15) is 0 Å². The lowest BCUT2D eigenvalue weighted by molar-refractivity contribution is -0.105. The van der Waals surface area contributed by atoms with Crippen LogP contribution in [0.3, 0.4) is 0 Å². The fourth-order valence-electron chi connectivity index (χ4n) is 1.46. The van der Waals surface area contributed by atoms with Crippen LogP contribution in [-0.2, 0) is 4.79 Å². The highest BCUT2D eigenvalue weighted by atomic mass is 16.1. The molecular formula is C12H10N2O2. The third kappa shape index (κ3) is 1.86. The molecule has 1 N–H and O–H groups in total. The quantitative estimate of drug-likeness (QED) is 0.785. The molecule has 1 aromatic carbocycles. The second-order valence-corrected chi connectivity index (χ2v) is 3.19. The van der Waals surface area contributed by atoms with E-state index >= 15 is 0 Å². The average molecular weight is 214 g/mol. The number of hydrogen-bond acceptors (Lipinski definition) is 2. The van der Waals surface area contributed by atoms with E-state index in [9.17, 15) is 9.59 Å². The standard InChI is InChI=1S/C12H10N2O2/c15-9-13-11-7-4-8-14(12(11)16)10-5-2-1-3-6-10/h1-9H,(H,13,15). The molecule has 0 spiro atoms. The molecule has 2 aromatic rings. The van der Waals surface area contributed by atoms with E-state index in [0.29, 0.717) is 6.41 Å². The van der Waals surface area contributed by atoms with Crippen molar-refractivity contribution >= 4 is 12.1 Å². The summed E-state index contributed by atoms with van der Waals surface area (Å²) in [5.41, 5.74) is 0.782. The van der Waals surface area contributed by atoms with Gasteiger partial charge in [-0.15, -0.1) is 0 Å². The van der Waals surface area contributed by atoms with E-state index in [4.69, 9.17) is 0 Å². The Bertz CT molecular complexity index is 546. The molecular weight excluding hydrogens is 204 g/mol. The number of nitrogens with zero attached hydrogens (tertiary/aromatic N) is 1. The molecule has 0 saturated carbocycles. The average Bonchev–Trinajstić information content (AvgIpc) is 2.33. The number of benzene rings is 1. The molecule has 0 aliphatic heterocycles. The summed E-state index contributed by atoms with van der Waals surface area (Å²) in [4.78, 5) is 22.2. The van der Waals surface area contributed by atoms with Crippen molar-refractivity contribution in [2.45, 2.75) is 0 Å². The van der Waals surface area contributed by atoms with Crippen molar-refractivity contribution in [1.82, 2.24) is 4.57 Å². The number of para-hydroxylation sites is 1. The Morgan fingerprint density at radius 3 is 2.50 bits per heavy atom. The minimum Gasteiger partial charge on any atom is -0.324 e. The van der Waals surface area contributed by atoms with E-state index in [1.54, 1.807) is 18.3 Å². The second-order valence-electron chi connectivity index (χ2n) is 3.19. The Hall–Kier alpha value is -2.36. The Kier molecular flexibility index (Phi) is 2.82. The molecule has 16 heavy (non-hydrogen) atoms. The van der Waals surface area contributed by atoms with Crippen LogP contribution >= 0.6 is 0 Å². The lowest BCUT2D eigenvalue weighted by Crippen LogP contribution is -2.20. The summed E-state index contributed by atoms with van der Waals surface area (Å²) in [7, 11) is 0. The maximum atomic E-state index is 11.9. The fourth-order valence-corrected chi connectivity index (χ4v) is 1.46. The molecule has 0 aliphatic rings. The van der Waals surface area contributed by atoms with Crippen LogP contribution in [0, 0.1) is 0 Å². The van der Waals surface area contributed by atoms with Crippen molar-refractivity contribution in [3.63, 3.8) is 0 Å². The molecule has 0 unspecified atom stereocenters. The summed E-state index contributed by atoms with van der Waals surface area (Å²) < 4.78 is 1.48. The zero-order valence-corrected chi connectivity index (χ0v) is 8.46. The number of nitrogens with one attached hydrogen (secondary N) is 1. The highest BCUT2D eigenvalue weighted by Gasteiger charge is 2.02. The summed E-state index contributed by atoms with van der Waals surface area (Å²) in [5, 5.41) is 2.37. The van der Waals surface area contributed by atoms with Crippen LogP contribution in [0.2, 0.25) is 0 Å². The van der Waals surface area contributed by atoms with Gasteiger partial charge in [0.25, 0.3) is 5.56 Å². The molecule has 80 valence electrons. The first-order chi connectivity index (χ1) is 7.83. The van der Waals surface area contributed by atoms with Crippen molar-refractivity contribution in [2.24, 2.45) is 0 Å². The van der Waals surface area contributed by atoms with E-state index in [2.05, 4.69) is 5.32 Å². The van der Waals surface area contributed by atoms with Gasteiger partial charge in [0, 0.05) is 11.9 Å². The largest absolute Gasteiger partial charge is 0.324 e. The summed E-state index contributed by atoms with van der Waals surface area (Å²) in [5.74, 6) is 0. The van der Waals surface area contributed by atoms with Gasteiger partial charge >= 0.3 is 0 Å². The Balaban J connectivity index is 2.55. The third-order valence-corrected chi connectivity index (χ3v) is 2.20. The molecule has 2 rings (SSSR count). The Morgan fingerprint density at radius 1 is 1.06 bits per heavy atom. The van der Waals surface area contributed by atoms with Crippen LogP contribution in [0.4, 0.5) is 5.69 Å². The van der Waals surface area contributed by atoms with E-state index < -0.39 is 0 Å². The van der Waals surface area contributed by atoms with Crippen molar-refractivity contribution in [2.75, 3.05) is 5.32 Å². The molecule has 4 heteroatoms. The minimum absolute atomic E-state index is 0.249. The van der Waals surface area contributed by atoms with E-state index in [1.165, 1.54) is 4.57 Å². The fraction of sp³-hybridized carbons (Fsp3) is 0. The topological polar surface area (TPSA) is 51.1 Å². The van der Waals surface area contributed by atoms with E-state index in [-0.39, 0.29) is 11.2 Å². The van der Waals surface area contributed by atoms with Gasteiger partial charge in [-0.1, -0.05) is 18.2 Å². The summed E-state index contributed by atoms with van der Waals surface area (Å²) in [6.45, 7) is 0. The smallest absolute Gasteiger partial charge is 0.278 e. The molecule has 0 bridgehead atoms. The Morgan fingerprint density at radius 2 is 1.81 bits per heavy atom. The summed E-state index contributed by atoms with van der Waals surface area (Å²) in [6.07, 6.45) is 2.15. The zero-order valence-electron chi connectivity index (χ0n) is 8.46. The first-order valence-corrected chi connectivity index (χ1v) is 4.80. The van der Waals surface area contributed by atoms with Crippen LogP contribution in [0.5, 0.6) is 0 Å². The van der Waals surface area contributed by atoms with Gasteiger partial charge in [-0.05, 0) is 24.3 Å². The molecule has 1 heterocycles. The number of hydrogen-bond donors (Lipinski definition) is 1.